The fourth-order valence-corrected chi connectivity index (χ4v) is 3.90. The van der Waals surface area contributed by atoms with Crippen LogP contribution in [0.2, 0.25) is 0 Å². The van der Waals surface area contributed by atoms with Crippen LogP contribution in [0.25, 0.3) is 0 Å². The van der Waals surface area contributed by atoms with Gasteiger partial charge in [0, 0.05) is 25.7 Å². The third kappa shape index (κ3) is 5.14. The molecule has 1 aliphatic heterocycles. The number of Topliss-reactive ketones (excluding diaryl/α,β-unsaturated/α-hetero) is 1. The van der Waals surface area contributed by atoms with E-state index < -0.39 is 28.6 Å². The Balaban J connectivity index is 1.97. The standard InChI is InChI=1S/C18H24N2O6S/c1-13(21)15-6-8-16(9-7-15)27(24,25)19(3)12-17(22)26-14(2)18(23)20-10-4-5-11-20/h6-9,14H,4-5,10-12H2,1-3H3. The van der Waals surface area contributed by atoms with Crippen molar-refractivity contribution in [3.8, 4) is 0 Å². The number of esters is 1. The highest BCUT2D eigenvalue weighted by Gasteiger charge is 2.28. The number of benzene rings is 1. The quantitative estimate of drug-likeness (QED) is 0.505. The summed E-state index contributed by atoms with van der Waals surface area (Å²) in [7, 11) is -2.67. The van der Waals surface area contributed by atoms with Crippen LogP contribution < -0.4 is 0 Å². The van der Waals surface area contributed by atoms with E-state index in [2.05, 4.69) is 0 Å². The molecule has 148 valence electrons. The Bertz CT molecular complexity index is 813. The van der Waals surface area contributed by atoms with Crippen molar-refractivity contribution in [1.29, 1.82) is 0 Å². The second kappa shape index (κ2) is 8.62. The first kappa shape index (κ1) is 21.0. The predicted octanol–water partition coefficient (Wildman–Crippen LogP) is 1.06. The molecule has 1 saturated heterocycles. The third-order valence-corrected chi connectivity index (χ3v) is 6.21. The average Bonchev–Trinajstić information content (AvgIpc) is 3.15. The highest BCUT2D eigenvalue weighted by molar-refractivity contribution is 7.89. The normalized spacial score (nSPS) is 15.6. The Morgan fingerprint density at radius 3 is 2.22 bits per heavy atom. The van der Waals surface area contributed by atoms with E-state index in [4.69, 9.17) is 4.74 Å². The average molecular weight is 396 g/mol. The van der Waals surface area contributed by atoms with E-state index in [0.717, 1.165) is 17.1 Å². The van der Waals surface area contributed by atoms with E-state index >= 15 is 0 Å². The van der Waals surface area contributed by atoms with Crippen molar-refractivity contribution >= 4 is 27.7 Å². The third-order valence-electron chi connectivity index (χ3n) is 4.39. The van der Waals surface area contributed by atoms with Gasteiger partial charge in [0.25, 0.3) is 5.91 Å². The molecule has 1 aromatic carbocycles. The molecule has 0 aromatic heterocycles. The van der Waals surface area contributed by atoms with Gasteiger partial charge < -0.3 is 9.64 Å². The number of rotatable bonds is 7. The van der Waals surface area contributed by atoms with E-state index in [1.807, 2.05) is 0 Å². The van der Waals surface area contributed by atoms with Crippen LogP contribution in [-0.2, 0) is 24.3 Å². The fourth-order valence-electron chi connectivity index (χ4n) is 2.79. The van der Waals surface area contributed by atoms with Gasteiger partial charge >= 0.3 is 5.97 Å². The summed E-state index contributed by atoms with van der Waals surface area (Å²) >= 11 is 0. The monoisotopic (exact) mass is 396 g/mol. The molecule has 1 atom stereocenters. The van der Waals surface area contributed by atoms with Gasteiger partial charge in [0.2, 0.25) is 10.0 Å². The molecule has 1 unspecified atom stereocenters. The zero-order valence-corrected chi connectivity index (χ0v) is 16.5. The van der Waals surface area contributed by atoms with E-state index in [0.29, 0.717) is 18.7 Å². The molecule has 8 nitrogen and oxygen atoms in total. The molecule has 0 spiro atoms. The first-order valence-electron chi connectivity index (χ1n) is 8.68. The number of likely N-dealkylation sites (tertiary alicyclic amines) is 1. The number of hydrogen-bond donors (Lipinski definition) is 0. The van der Waals surface area contributed by atoms with Crippen molar-refractivity contribution in [3.05, 3.63) is 29.8 Å². The lowest BCUT2D eigenvalue weighted by Gasteiger charge is -2.22. The SMILES string of the molecule is CC(=O)c1ccc(S(=O)(=O)N(C)CC(=O)OC(C)C(=O)N2CCCC2)cc1. The van der Waals surface area contributed by atoms with Gasteiger partial charge in [0.1, 0.15) is 6.54 Å². The minimum atomic E-state index is -3.92. The van der Waals surface area contributed by atoms with Crippen molar-refractivity contribution in [2.24, 2.45) is 0 Å². The number of carbonyl (C=O) groups excluding carboxylic acids is 3. The second-order valence-corrected chi connectivity index (χ2v) is 8.55. The highest BCUT2D eigenvalue weighted by atomic mass is 32.2. The van der Waals surface area contributed by atoms with Crippen molar-refractivity contribution in [1.82, 2.24) is 9.21 Å². The zero-order chi connectivity index (χ0) is 20.2. The van der Waals surface area contributed by atoms with Gasteiger partial charge in [0.15, 0.2) is 11.9 Å². The summed E-state index contributed by atoms with van der Waals surface area (Å²) in [5.74, 6) is -1.25. The van der Waals surface area contributed by atoms with Crippen LogP contribution in [0.5, 0.6) is 0 Å². The lowest BCUT2D eigenvalue weighted by Crippen LogP contribution is -2.40. The van der Waals surface area contributed by atoms with Gasteiger partial charge in [-0.15, -0.1) is 0 Å². The van der Waals surface area contributed by atoms with Crippen LogP contribution in [0.1, 0.15) is 37.0 Å². The minimum absolute atomic E-state index is 0.0380. The molecule has 0 saturated carbocycles. The Morgan fingerprint density at radius 2 is 1.70 bits per heavy atom. The number of nitrogens with zero attached hydrogens (tertiary/aromatic N) is 2. The topological polar surface area (TPSA) is 101 Å². The zero-order valence-electron chi connectivity index (χ0n) is 15.7. The molecule has 9 heteroatoms. The summed E-state index contributed by atoms with van der Waals surface area (Å²) in [6, 6.07) is 5.46. The molecule has 27 heavy (non-hydrogen) atoms. The van der Waals surface area contributed by atoms with Gasteiger partial charge in [0.05, 0.1) is 4.90 Å². The van der Waals surface area contributed by atoms with Crippen LogP contribution in [0, 0.1) is 0 Å². The lowest BCUT2D eigenvalue weighted by atomic mass is 10.2. The van der Waals surface area contributed by atoms with Crippen molar-refractivity contribution in [2.75, 3.05) is 26.7 Å². The van der Waals surface area contributed by atoms with Crippen LogP contribution >= 0.6 is 0 Å². The number of sulfonamides is 1. The molecular formula is C18H24N2O6S. The summed E-state index contributed by atoms with van der Waals surface area (Å²) in [5.41, 5.74) is 0.394. The first-order chi connectivity index (χ1) is 12.6. The maximum Gasteiger partial charge on any atom is 0.322 e. The summed E-state index contributed by atoms with van der Waals surface area (Å²) < 4.78 is 31.0. The summed E-state index contributed by atoms with van der Waals surface area (Å²) in [4.78, 5) is 37.1. The summed E-state index contributed by atoms with van der Waals surface area (Å²) in [6.07, 6.45) is 0.896. The molecule has 1 aliphatic rings. The molecule has 0 radical (unpaired) electrons. The number of hydrogen-bond acceptors (Lipinski definition) is 6. The van der Waals surface area contributed by atoms with Gasteiger partial charge in [-0.2, -0.15) is 4.31 Å². The molecule has 0 aliphatic carbocycles. The van der Waals surface area contributed by atoms with Crippen molar-refractivity contribution in [2.45, 2.75) is 37.7 Å². The molecule has 0 N–H and O–H groups in total. The van der Waals surface area contributed by atoms with Crippen LogP contribution in [0.4, 0.5) is 0 Å². The van der Waals surface area contributed by atoms with Crippen LogP contribution in [-0.4, -0.2) is 68.1 Å². The molecule has 2 rings (SSSR count). The summed E-state index contributed by atoms with van der Waals surface area (Å²) in [5, 5.41) is 0. The molecule has 1 fully saturated rings. The van der Waals surface area contributed by atoms with Crippen LogP contribution in [0.3, 0.4) is 0 Å². The number of carbonyl (C=O) groups is 3. The molecule has 0 bridgehead atoms. The summed E-state index contributed by atoms with van der Waals surface area (Å²) in [6.45, 7) is 3.63. The van der Waals surface area contributed by atoms with Crippen LogP contribution in [0.15, 0.2) is 29.2 Å². The Labute approximate surface area is 159 Å². The fraction of sp³-hybridized carbons (Fsp3) is 0.500. The Kier molecular flexibility index (Phi) is 6.72. The Morgan fingerprint density at radius 1 is 1.15 bits per heavy atom. The first-order valence-corrected chi connectivity index (χ1v) is 10.1. The number of likely N-dealkylation sites (N-methyl/N-ethyl adjacent to an activating group) is 1. The van der Waals surface area contributed by atoms with Gasteiger partial charge in [-0.25, -0.2) is 8.42 Å². The van der Waals surface area contributed by atoms with Gasteiger partial charge in [-0.3, -0.25) is 14.4 Å². The van der Waals surface area contributed by atoms with Crippen molar-refractivity contribution < 1.29 is 27.5 Å². The van der Waals surface area contributed by atoms with E-state index in [1.54, 1.807) is 4.90 Å². The van der Waals surface area contributed by atoms with Crippen molar-refractivity contribution in [3.63, 3.8) is 0 Å². The number of ether oxygens (including phenoxy) is 1. The molecule has 1 heterocycles. The number of ketones is 1. The van der Waals surface area contributed by atoms with E-state index in [-0.39, 0.29) is 16.6 Å². The Hall–Kier alpha value is -2.26. The lowest BCUT2D eigenvalue weighted by molar-refractivity contribution is -0.158. The predicted molar refractivity (Wildman–Crippen MR) is 97.6 cm³/mol. The second-order valence-electron chi connectivity index (χ2n) is 6.51. The molecule has 1 amide bonds. The largest absolute Gasteiger partial charge is 0.452 e. The maximum atomic E-state index is 12.5. The maximum absolute atomic E-state index is 12.5. The van der Waals surface area contributed by atoms with E-state index in [9.17, 15) is 22.8 Å². The molecule has 1 aromatic rings. The highest BCUT2D eigenvalue weighted by Crippen LogP contribution is 2.16. The minimum Gasteiger partial charge on any atom is -0.452 e. The van der Waals surface area contributed by atoms with E-state index in [1.165, 1.54) is 45.2 Å². The smallest absolute Gasteiger partial charge is 0.322 e. The number of amides is 1. The van der Waals surface area contributed by atoms with Gasteiger partial charge in [-0.05, 0) is 38.8 Å². The van der Waals surface area contributed by atoms with Gasteiger partial charge in [-0.1, -0.05) is 12.1 Å². The molecular weight excluding hydrogens is 372 g/mol.